The average molecular weight is 532 g/mol. The number of hydrazone groups is 1. The van der Waals surface area contributed by atoms with E-state index in [0.29, 0.717) is 52.1 Å². The van der Waals surface area contributed by atoms with E-state index in [1.54, 1.807) is 30.3 Å². The quantitative estimate of drug-likeness (QED) is 0.248. The lowest BCUT2D eigenvalue weighted by molar-refractivity contribution is 0.0955. The third-order valence-corrected chi connectivity index (χ3v) is 5.43. The molecule has 0 unspecified atom stereocenters. The van der Waals surface area contributed by atoms with Gasteiger partial charge in [0.15, 0.2) is 11.5 Å². The fourth-order valence-electron chi connectivity index (χ4n) is 2.93. The molecule has 0 fully saturated rings. The van der Waals surface area contributed by atoms with E-state index in [-0.39, 0.29) is 5.91 Å². The zero-order valence-corrected chi connectivity index (χ0v) is 20.7. The molecule has 0 aliphatic rings. The molecule has 0 aromatic heterocycles. The first-order chi connectivity index (χ1) is 16.0. The van der Waals surface area contributed by atoms with Gasteiger partial charge in [-0.3, -0.25) is 4.79 Å². The molecule has 33 heavy (non-hydrogen) atoms. The zero-order valence-electron chi connectivity index (χ0n) is 18.3. The molecule has 0 atom stereocenters. The van der Waals surface area contributed by atoms with Crippen LogP contribution in [0.25, 0.3) is 0 Å². The van der Waals surface area contributed by atoms with Gasteiger partial charge in [0.05, 0.1) is 23.9 Å². The van der Waals surface area contributed by atoms with Crippen LogP contribution in [0.1, 0.15) is 35.3 Å². The highest BCUT2D eigenvalue weighted by Crippen LogP contribution is 2.37. The summed E-state index contributed by atoms with van der Waals surface area (Å²) in [7, 11) is 0. The molecule has 1 amide bonds. The van der Waals surface area contributed by atoms with Crippen LogP contribution in [0, 0.1) is 0 Å². The number of nitrogens with one attached hydrogen (secondary N) is 1. The smallest absolute Gasteiger partial charge is 0.271 e. The predicted octanol–water partition coefficient (Wildman–Crippen LogP) is 6.24. The van der Waals surface area contributed by atoms with E-state index in [9.17, 15) is 4.79 Å². The van der Waals surface area contributed by atoms with Crippen molar-refractivity contribution in [2.75, 3.05) is 13.2 Å². The second-order valence-electron chi connectivity index (χ2n) is 6.80. The number of ether oxygens (including phenoxy) is 3. The van der Waals surface area contributed by atoms with Gasteiger partial charge in [0.25, 0.3) is 5.91 Å². The Morgan fingerprint density at radius 3 is 2.45 bits per heavy atom. The van der Waals surface area contributed by atoms with E-state index in [0.717, 1.165) is 11.1 Å². The first-order valence-electron chi connectivity index (χ1n) is 10.4. The maximum Gasteiger partial charge on any atom is 0.271 e. The number of hydrogen-bond acceptors (Lipinski definition) is 5. The Morgan fingerprint density at radius 1 is 1.03 bits per heavy atom. The van der Waals surface area contributed by atoms with Crippen molar-refractivity contribution in [2.45, 2.75) is 20.5 Å². The number of carbonyl (C=O) groups is 1. The molecule has 6 nitrogen and oxygen atoms in total. The van der Waals surface area contributed by atoms with Gasteiger partial charge in [-0.25, -0.2) is 5.43 Å². The van der Waals surface area contributed by atoms with Crippen LogP contribution in [0.2, 0.25) is 5.02 Å². The molecule has 0 spiro atoms. The SMILES string of the molecule is CCOc1ccc(C(=O)N/N=C/c2cc(Br)c(OCc3ccccc3Cl)c(OCC)c2)cc1. The summed E-state index contributed by atoms with van der Waals surface area (Å²) in [6.07, 6.45) is 1.54. The van der Waals surface area contributed by atoms with Crippen LogP contribution in [0.3, 0.4) is 0 Å². The standard InChI is InChI=1S/C25H24BrClN2O4/c1-3-31-20-11-9-18(10-12-20)25(30)29-28-15-17-13-21(26)24(23(14-17)32-4-2)33-16-19-7-5-6-8-22(19)27/h5-15H,3-4,16H2,1-2H3,(H,29,30)/b28-15+. The van der Waals surface area contributed by atoms with Crippen molar-refractivity contribution in [1.29, 1.82) is 0 Å². The summed E-state index contributed by atoms with van der Waals surface area (Å²) < 4.78 is 17.8. The molecule has 3 aromatic carbocycles. The molecule has 0 aliphatic carbocycles. The molecular weight excluding hydrogens is 508 g/mol. The Morgan fingerprint density at radius 2 is 1.76 bits per heavy atom. The van der Waals surface area contributed by atoms with Crippen molar-refractivity contribution in [3.05, 3.63) is 86.8 Å². The van der Waals surface area contributed by atoms with Crippen molar-refractivity contribution < 1.29 is 19.0 Å². The number of carbonyl (C=O) groups excluding carboxylic acids is 1. The molecule has 0 saturated carbocycles. The third-order valence-electron chi connectivity index (χ3n) is 4.47. The summed E-state index contributed by atoms with van der Waals surface area (Å²) in [5.74, 6) is 1.51. The molecular formula is C25H24BrClN2O4. The fraction of sp³-hybridized carbons (Fsp3) is 0.200. The van der Waals surface area contributed by atoms with E-state index in [4.69, 9.17) is 25.8 Å². The van der Waals surface area contributed by atoms with Crippen LogP contribution in [-0.4, -0.2) is 25.3 Å². The zero-order chi connectivity index (χ0) is 23.6. The Labute approximate surface area is 206 Å². The molecule has 0 saturated heterocycles. The monoisotopic (exact) mass is 530 g/mol. The normalized spacial score (nSPS) is 10.8. The minimum Gasteiger partial charge on any atom is -0.494 e. The van der Waals surface area contributed by atoms with E-state index < -0.39 is 0 Å². The van der Waals surface area contributed by atoms with Crippen molar-refractivity contribution in [1.82, 2.24) is 5.43 Å². The molecule has 0 radical (unpaired) electrons. The summed E-state index contributed by atoms with van der Waals surface area (Å²) in [5.41, 5.74) is 4.60. The molecule has 8 heteroatoms. The lowest BCUT2D eigenvalue weighted by atomic mass is 10.2. The first-order valence-corrected chi connectivity index (χ1v) is 11.6. The van der Waals surface area contributed by atoms with Gasteiger partial charge in [-0.2, -0.15) is 5.10 Å². The average Bonchev–Trinajstić information content (AvgIpc) is 2.80. The van der Waals surface area contributed by atoms with E-state index in [1.165, 1.54) is 6.21 Å². The van der Waals surface area contributed by atoms with Crippen LogP contribution in [0.15, 0.2) is 70.2 Å². The van der Waals surface area contributed by atoms with Gasteiger partial charge in [-0.15, -0.1) is 0 Å². The summed E-state index contributed by atoms with van der Waals surface area (Å²) in [6.45, 7) is 5.12. The lowest BCUT2D eigenvalue weighted by Crippen LogP contribution is -2.17. The molecule has 0 aliphatic heterocycles. The highest BCUT2D eigenvalue weighted by atomic mass is 79.9. The third kappa shape index (κ3) is 6.97. The van der Waals surface area contributed by atoms with Crippen LogP contribution in [-0.2, 0) is 6.61 Å². The summed E-state index contributed by atoms with van der Waals surface area (Å²) in [6, 6.07) is 18.0. The minimum atomic E-state index is -0.321. The lowest BCUT2D eigenvalue weighted by Gasteiger charge is -2.15. The van der Waals surface area contributed by atoms with E-state index in [2.05, 4.69) is 26.5 Å². The molecule has 172 valence electrons. The van der Waals surface area contributed by atoms with E-state index in [1.807, 2.05) is 44.2 Å². The topological polar surface area (TPSA) is 69.2 Å². The van der Waals surface area contributed by atoms with Gasteiger partial charge in [-0.05, 0) is 77.8 Å². The van der Waals surface area contributed by atoms with Gasteiger partial charge in [-0.1, -0.05) is 29.8 Å². The number of hydrogen-bond donors (Lipinski definition) is 1. The predicted molar refractivity (Wildman–Crippen MR) is 134 cm³/mol. The highest BCUT2D eigenvalue weighted by molar-refractivity contribution is 9.10. The highest BCUT2D eigenvalue weighted by Gasteiger charge is 2.13. The summed E-state index contributed by atoms with van der Waals surface area (Å²) in [4.78, 5) is 12.3. The van der Waals surface area contributed by atoms with Crippen LogP contribution in [0.5, 0.6) is 17.2 Å². The number of halogens is 2. The van der Waals surface area contributed by atoms with Crippen LogP contribution < -0.4 is 19.6 Å². The van der Waals surface area contributed by atoms with Crippen molar-refractivity contribution in [3.8, 4) is 17.2 Å². The molecule has 0 bridgehead atoms. The number of benzene rings is 3. The minimum absolute atomic E-state index is 0.296. The number of rotatable bonds is 10. The van der Waals surface area contributed by atoms with Crippen molar-refractivity contribution in [3.63, 3.8) is 0 Å². The summed E-state index contributed by atoms with van der Waals surface area (Å²) >= 11 is 9.76. The van der Waals surface area contributed by atoms with Crippen LogP contribution >= 0.6 is 27.5 Å². The van der Waals surface area contributed by atoms with Gasteiger partial charge < -0.3 is 14.2 Å². The molecule has 3 aromatic rings. The Hall–Kier alpha value is -3.03. The van der Waals surface area contributed by atoms with Gasteiger partial charge in [0.1, 0.15) is 12.4 Å². The van der Waals surface area contributed by atoms with Gasteiger partial charge >= 0.3 is 0 Å². The fourth-order valence-corrected chi connectivity index (χ4v) is 3.69. The molecule has 1 N–H and O–H groups in total. The van der Waals surface area contributed by atoms with Crippen molar-refractivity contribution >= 4 is 39.7 Å². The largest absolute Gasteiger partial charge is 0.494 e. The van der Waals surface area contributed by atoms with Crippen LogP contribution in [0.4, 0.5) is 0 Å². The Bertz CT molecular complexity index is 1120. The van der Waals surface area contributed by atoms with Gasteiger partial charge in [0, 0.05) is 16.1 Å². The molecule has 0 heterocycles. The second kappa shape index (κ2) is 12.3. The molecule has 3 rings (SSSR count). The summed E-state index contributed by atoms with van der Waals surface area (Å²) in [5, 5.41) is 4.70. The first kappa shape index (κ1) is 24.6. The number of nitrogens with zero attached hydrogens (tertiary/aromatic N) is 1. The second-order valence-corrected chi connectivity index (χ2v) is 8.06. The maximum absolute atomic E-state index is 12.3. The van der Waals surface area contributed by atoms with Crippen molar-refractivity contribution in [2.24, 2.45) is 5.10 Å². The Balaban J connectivity index is 1.69. The number of amides is 1. The van der Waals surface area contributed by atoms with Gasteiger partial charge in [0.2, 0.25) is 0 Å². The maximum atomic E-state index is 12.3. The Kier molecular flexibility index (Phi) is 9.15. The van der Waals surface area contributed by atoms with E-state index >= 15 is 0 Å².